The summed E-state index contributed by atoms with van der Waals surface area (Å²) in [6.07, 6.45) is 4.65. The lowest BCUT2D eigenvalue weighted by molar-refractivity contribution is 0.102. The summed E-state index contributed by atoms with van der Waals surface area (Å²) in [6, 6.07) is 23.4. The zero-order valence-electron chi connectivity index (χ0n) is 21.1. The first-order valence-corrected chi connectivity index (χ1v) is 12.7. The third-order valence-electron chi connectivity index (χ3n) is 6.75. The van der Waals surface area contributed by atoms with Gasteiger partial charge in [-0.15, -0.1) is 0 Å². The number of rotatable bonds is 6. The van der Waals surface area contributed by atoms with Crippen molar-refractivity contribution in [3.05, 3.63) is 102 Å². The number of amides is 1. The highest BCUT2D eigenvalue weighted by Crippen LogP contribution is 2.26. The van der Waals surface area contributed by atoms with Gasteiger partial charge in [0.05, 0.1) is 17.6 Å². The number of hydrogen-bond acceptors (Lipinski definition) is 6. The molecule has 1 saturated heterocycles. The van der Waals surface area contributed by atoms with Crippen LogP contribution < -0.4 is 16.0 Å². The number of nitrogen functional groups attached to an aromatic ring is 1. The van der Waals surface area contributed by atoms with Crippen LogP contribution in [0.4, 0.5) is 17.2 Å². The molecule has 0 spiro atoms. The fraction of sp³-hybridized carbons (Fsp3) is 0.233. The molecule has 1 aliphatic heterocycles. The molecule has 2 aromatic carbocycles. The van der Waals surface area contributed by atoms with Crippen LogP contribution in [-0.2, 0) is 6.54 Å². The fourth-order valence-corrected chi connectivity index (χ4v) is 4.67. The van der Waals surface area contributed by atoms with Crippen LogP contribution in [0.3, 0.4) is 0 Å². The minimum atomic E-state index is -0.161. The van der Waals surface area contributed by atoms with Crippen LogP contribution in [0, 0.1) is 6.92 Å². The maximum Gasteiger partial charge on any atom is 0.255 e. The molecule has 37 heavy (non-hydrogen) atoms. The number of nitrogens with zero attached hydrogens (tertiary/aromatic N) is 4. The van der Waals surface area contributed by atoms with Gasteiger partial charge in [-0.1, -0.05) is 24.3 Å². The third-order valence-corrected chi connectivity index (χ3v) is 6.75. The fourth-order valence-electron chi connectivity index (χ4n) is 4.67. The van der Waals surface area contributed by atoms with Gasteiger partial charge in [0.15, 0.2) is 0 Å². The van der Waals surface area contributed by atoms with E-state index in [4.69, 9.17) is 5.73 Å². The van der Waals surface area contributed by atoms with Gasteiger partial charge in [-0.25, -0.2) is 4.98 Å². The first-order valence-electron chi connectivity index (χ1n) is 12.7. The molecular weight excluding hydrogens is 460 g/mol. The average molecular weight is 493 g/mol. The minimum Gasteiger partial charge on any atom is -0.399 e. The van der Waals surface area contributed by atoms with Crippen LogP contribution in [-0.4, -0.2) is 47.0 Å². The van der Waals surface area contributed by atoms with Crippen molar-refractivity contribution >= 4 is 23.1 Å². The maximum absolute atomic E-state index is 13.0. The van der Waals surface area contributed by atoms with E-state index in [2.05, 4.69) is 31.2 Å². The van der Waals surface area contributed by atoms with Crippen LogP contribution in [0.1, 0.15) is 28.0 Å². The van der Waals surface area contributed by atoms with Gasteiger partial charge in [-0.2, -0.15) is 0 Å². The van der Waals surface area contributed by atoms with Gasteiger partial charge >= 0.3 is 0 Å². The predicted molar refractivity (Wildman–Crippen MR) is 150 cm³/mol. The van der Waals surface area contributed by atoms with E-state index in [9.17, 15) is 4.79 Å². The highest BCUT2D eigenvalue weighted by Gasteiger charge is 2.17. The standard InChI is InChI=1S/C30H32N6O/c1-22-6-7-24(19-28(22)23-8-10-25(31)11-9-23)30(37)34-26-12-13-29(33-20-26)36-16-4-15-35(17-18-36)21-27-5-2-3-14-32-27/h2-3,5-14,19-20H,4,15-18,21,31H2,1H3,(H,34,37). The molecular formula is C30H32N6O. The summed E-state index contributed by atoms with van der Waals surface area (Å²) < 4.78 is 0. The number of pyridine rings is 2. The molecule has 1 aliphatic rings. The summed E-state index contributed by atoms with van der Waals surface area (Å²) in [5.41, 5.74) is 12.1. The summed E-state index contributed by atoms with van der Waals surface area (Å²) in [4.78, 5) is 26.9. The van der Waals surface area contributed by atoms with Crippen LogP contribution >= 0.6 is 0 Å². The molecule has 0 unspecified atom stereocenters. The van der Waals surface area contributed by atoms with Crippen molar-refractivity contribution in [1.29, 1.82) is 0 Å². The molecule has 7 heteroatoms. The third kappa shape index (κ3) is 6.13. The van der Waals surface area contributed by atoms with Crippen molar-refractivity contribution in [3.8, 4) is 11.1 Å². The van der Waals surface area contributed by atoms with E-state index in [0.29, 0.717) is 16.9 Å². The second-order valence-corrected chi connectivity index (χ2v) is 9.45. The SMILES string of the molecule is Cc1ccc(C(=O)Nc2ccc(N3CCCN(Cc4ccccn4)CC3)nc2)cc1-c1ccc(N)cc1. The Morgan fingerprint density at radius 1 is 0.946 bits per heavy atom. The molecule has 4 aromatic rings. The number of carbonyl (C=O) groups is 1. The van der Waals surface area contributed by atoms with E-state index in [0.717, 1.165) is 67.3 Å². The number of nitrogens with two attached hydrogens (primary N) is 1. The van der Waals surface area contributed by atoms with E-state index in [-0.39, 0.29) is 5.91 Å². The topological polar surface area (TPSA) is 87.4 Å². The van der Waals surface area contributed by atoms with E-state index in [1.165, 1.54) is 0 Å². The molecule has 188 valence electrons. The summed E-state index contributed by atoms with van der Waals surface area (Å²) in [5.74, 6) is 0.768. The Labute approximate surface area is 218 Å². The molecule has 0 saturated carbocycles. The molecule has 3 heterocycles. The number of aromatic nitrogens is 2. The Hall–Kier alpha value is -4.23. The Morgan fingerprint density at radius 2 is 1.81 bits per heavy atom. The van der Waals surface area contributed by atoms with Crippen LogP contribution in [0.15, 0.2) is 85.2 Å². The first kappa shape index (κ1) is 24.5. The van der Waals surface area contributed by atoms with E-state index in [1.807, 2.05) is 79.9 Å². The zero-order valence-corrected chi connectivity index (χ0v) is 21.1. The molecule has 7 nitrogen and oxygen atoms in total. The van der Waals surface area contributed by atoms with Gasteiger partial charge in [-0.3, -0.25) is 14.7 Å². The molecule has 1 amide bonds. The van der Waals surface area contributed by atoms with E-state index in [1.54, 1.807) is 6.20 Å². The molecule has 0 radical (unpaired) electrons. The van der Waals surface area contributed by atoms with Crippen molar-refractivity contribution < 1.29 is 4.79 Å². The Bertz CT molecular complexity index is 1340. The largest absolute Gasteiger partial charge is 0.399 e. The Balaban J connectivity index is 1.21. The Kier molecular flexibility index (Phi) is 7.42. The minimum absolute atomic E-state index is 0.161. The van der Waals surface area contributed by atoms with Gasteiger partial charge in [0, 0.05) is 50.2 Å². The van der Waals surface area contributed by atoms with E-state index >= 15 is 0 Å². The molecule has 3 N–H and O–H groups in total. The van der Waals surface area contributed by atoms with E-state index < -0.39 is 0 Å². The van der Waals surface area contributed by atoms with Gasteiger partial charge < -0.3 is 16.0 Å². The lowest BCUT2D eigenvalue weighted by atomic mass is 9.97. The summed E-state index contributed by atoms with van der Waals surface area (Å²) in [7, 11) is 0. The second kappa shape index (κ2) is 11.2. The molecule has 1 fully saturated rings. The monoisotopic (exact) mass is 492 g/mol. The normalized spacial score (nSPS) is 14.2. The van der Waals surface area contributed by atoms with Crippen molar-refractivity contribution in [2.75, 3.05) is 42.1 Å². The second-order valence-electron chi connectivity index (χ2n) is 9.45. The maximum atomic E-state index is 13.0. The van der Waals surface area contributed by atoms with Gasteiger partial charge in [0.25, 0.3) is 5.91 Å². The van der Waals surface area contributed by atoms with Gasteiger partial charge in [0.2, 0.25) is 0 Å². The Morgan fingerprint density at radius 3 is 2.57 bits per heavy atom. The average Bonchev–Trinajstić information content (AvgIpc) is 3.16. The number of nitrogens with one attached hydrogen (secondary N) is 1. The van der Waals surface area contributed by atoms with Crippen LogP contribution in [0.5, 0.6) is 0 Å². The van der Waals surface area contributed by atoms with Crippen LogP contribution in [0.25, 0.3) is 11.1 Å². The van der Waals surface area contributed by atoms with Crippen molar-refractivity contribution in [2.45, 2.75) is 19.9 Å². The van der Waals surface area contributed by atoms with Gasteiger partial charge in [-0.05, 0) is 78.6 Å². The van der Waals surface area contributed by atoms with Crippen molar-refractivity contribution in [1.82, 2.24) is 14.9 Å². The number of carbonyl (C=O) groups excluding carboxylic acids is 1. The molecule has 0 bridgehead atoms. The highest BCUT2D eigenvalue weighted by atomic mass is 16.1. The van der Waals surface area contributed by atoms with Crippen molar-refractivity contribution in [2.24, 2.45) is 0 Å². The van der Waals surface area contributed by atoms with Crippen molar-refractivity contribution in [3.63, 3.8) is 0 Å². The molecule has 2 aromatic heterocycles. The molecule has 0 aliphatic carbocycles. The number of anilines is 3. The number of hydrogen-bond donors (Lipinski definition) is 2. The zero-order chi connectivity index (χ0) is 25.6. The van der Waals surface area contributed by atoms with Gasteiger partial charge in [0.1, 0.15) is 5.82 Å². The van der Waals surface area contributed by atoms with Crippen LogP contribution in [0.2, 0.25) is 0 Å². The lowest BCUT2D eigenvalue weighted by Gasteiger charge is -2.22. The number of benzene rings is 2. The highest BCUT2D eigenvalue weighted by molar-refractivity contribution is 6.05. The molecule has 5 rings (SSSR count). The number of aryl methyl sites for hydroxylation is 1. The lowest BCUT2D eigenvalue weighted by Crippen LogP contribution is -2.31. The summed E-state index contributed by atoms with van der Waals surface area (Å²) in [5, 5.41) is 2.99. The first-order chi connectivity index (χ1) is 18.0. The quantitative estimate of drug-likeness (QED) is 0.369. The molecule has 0 atom stereocenters. The summed E-state index contributed by atoms with van der Waals surface area (Å²) >= 11 is 0. The smallest absolute Gasteiger partial charge is 0.255 e. The summed E-state index contributed by atoms with van der Waals surface area (Å²) in [6.45, 7) is 6.76. The predicted octanol–water partition coefficient (Wildman–Crippen LogP) is 5.00.